The smallest absolute Gasteiger partial charge is 0.260 e. The molecule has 0 fully saturated rings. The molecule has 20 heavy (non-hydrogen) atoms. The average molecular weight is 280 g/mol. The van der Waals surface area contributed by atoms with Crippen molar-refractivity contribution in [1.29, 1.82) is 0 Å². The molecular formula is C15H24N2O3. The third kappa shape index (κ3) is 5.19. The zero-order valence-electron chi connectivity index (χ0n) is 12.6. The molecule has 0 aromatic heterocycles. The first kappa shape index (κ1) is 16.5. The van der Waals surface area contributed by atoms with Crippen molar-refractivity contribution >= 4 is 5.91 Å². The predicted molar refractivity (Wildman–Crippen MR) is 78.9 cm³/mol. The number of rotatable bonds is 8. The van der Waals surface area contributed by atoms with Gasteiger partial charge in [-0.1, -0.05) is 12.1 Å². The normalized spacial score (nSPS) is 13.6. The quantitative estimate of drug-likeness (QED) is 0.708. The highest BCUT2D eigenvalue weighted by molar-refractivity contribution is 5.80. The Morgan fingerprint density at radius 3 is 2.45 bits per heavy atom. The maximum absolute atomic E-state index is 11.7. The van der Waals surface area contributed by atoms with Crippen molar-refractivity contribution in [2.24, 2.45) is 0 Å². The van der Waals surface area contributed by atoms with Gasteiger partial charge in [0, 0.05) is 19.7 Å². The zero-order valence-corrected chi connectivity index (χ0v) is 12.6. The number of benzene rings is 1. The second-order valence-electron chi connectivity index (χ2n) is 4.62. The van der Waals surface area contributed by atoms with Gasteiger partial charge in [-0.2, -0.15) is 0 Å². The van der Waals surface area contributed by atoms with Crippen LogP contribution in [0.5, 0.6) is 5.75 Å². The number of nitrogens with one attached hydrogen (secondary N) is 2. The summed E-state index contributed by atoms with van der Waals surface area (Å²) in [5.74, 6) is 0.543. The van der Waals surface area contributed by atoms with E-state index < -0.39 is 6.10 Å². The second kappa shape index (κ2) is 8.55. The van der Waals surface area contributed by atoms with Gasteiger partial charge in [-0.05, 0) is 38.6 Å². The molecule has 0 radical (unpaired) electrons. The Morgan fingerprint density at radius 2 is 1.90 bits per heavy atom. The molecule has 5 heteroatoms. The lowest BCUT2D eigenvalue weighted by Crippen LogP contribution is -2.37. The molecule has 0 saturated heterocycles. The van der Waals surface area contributed by atoms with Crippen molar-refractivity contribution in [1.82, 2.24) is 10.6 Å². The van der Waals surface area contributed by atoms with Crippen LogP contribution in [0.15, 0.2) is 24.3 Å². The molecule has 2 atom stereocenters. The van der Waals surface area contributed by atoms with E-state index in [0.717, 1.165) is 0 Å². The topological polar surface area (TPSA) is 59.6 Å². The minimum Gasteiger partial charge on any atom is -0.481 e. The number of carbonyl (C=O) groups excluding carboxylic acids is 1. The predicted octanol–water partition coefficient (Wildman–Crippen LogP) is 1.50. The number of methoxy groups -OCH3 is 1. The molecule has 0 aliphatic rings. The molecule has 1 aromatic rings. The van der Waals surface area contributed by atoms with Crippen LogP contribution in [0, 0.1) is 0 Å². The van der Waals surface area contributed by atoms with Crippen molar-refractivity contribution in [3.8, 4) is 5.75 Å². The lowest BCUT2D eigenvalue weighted by Gasteiger charge is -2.16. The summed E-state index contributed by atoms with van der Waals surface area (Å²) in [6, 6.07) is 8.03. The molecule has 1 amide bonds. The average Bonchev–Trinajstić information content (AvgIpc) is 2.47. The lowest BCUT2D eigenvalue weighted by atomic mass is 10.1. The van der Waals surface area contributed by atoms with Crippen LogP contribution in [-0.2, 0) is 9.53 Å². The summed E-state index contributed by atoms with van der Waals surface area (Å²) in [7, 11) is 3.52. The van der Waals surface area contributed by atoms with E-state index in [1.807, 2.05) is 31.3 Å². The molecule has 0 saturated carbocycles. The van der Waals surface area contributed by atoms with E-state index in [1.54, 1.807) is 14.0 Å². The Hall–Kier alpha value is -1.59. The van der Waals surface area contributed by atoms with Gasteiger partial charge in [0.2, 0.25) is 0 Å². The third-order valence-corrected chi connectivity index (χ3v) is 3.10. The fourth-order valence-corrected chi connectivity index (χ4v) is 1.68. The van der Waals surface area contributed by atoms with Crippen LogP contribution in [-0.4, -0.2) is 39.3 Å². The van der Waals surface area contributed by atoms with Gasteiger partial charge in [-0.25, -0.2) is 0 Å². The first-order valence-corrected chi connectivity index (χ1v) is 6.79. The van der Waals surface area contributed by atoms with E-state index in [4.69, 9.17) is 9.47 Å². The number of hydrogen-bond acceptors (Lipinski definition) is 4. The van der Waals surface area contributed by atoms with Gasteiger partial charge in [0.25, 0.3) is 5.91 Å². The summed E-state index contributed by atoms with van der Waals surface area (Å²) in [5.41, 5.74) is 1.18. The van der Waals surface area contributed by atoms with Crippen molar-refractivity contribution in [2.75, 3.05) is 27.3 Å². The van der Waals surface area contributed by atoms with E-state index in [1.165, 1.54) is 5.56 Å². The molecule has 112 valence electrons. The van der Waals surface area contributed by atoms with Crippen LogP contribution < -0.4 is 15.4 Å². The van der Waals surface area contributed by atoms with Gasteiger partial charge in [-0.15, -0.1) is 0 Å². The standard InChI is InChI=1S/C15H24N2O3/c1-11(16-3)13-5-7-14(8-6-13)20-12(2)15(18)17-9-10-19-4/h5-8,11-12,16H,9-10H2,1-4H3,(H,17,18). The number of ether oxygens (including phenoxy) is 2. The minimum atomic E-state index is -0.528. The molecule has 0 heterocycles. The Labute approximate surface area is 120 Å². The summed E-state index contributed by atoms with van der Waals surface area (Å²) >= 11 is 0. The maximum atomic E-state index is 11.7. The lowest BCUT2D eigenvalue weighted by molar-refractivity contribution is -0.127. The number of carbonyl (C=O) groups is 1. The molecular weight excluding hydrogens is 256 g/mol. The highest BCUT2D eigenvalue weighted by atomic mass is 16.5. The maximum Gasteiger partial charge on any atom is 0.260 e. The summed E-state index contributed by atoms with van der Waals surface area (Å²) in [6.45, 7) is 4.80. The molecule has 1 aromatic carbocycles. The molecule has 0 spiro atoms. The molecule has 0 aliphatic carbocycles. The number of amides is 1. The van der Waals surface area contributed by atoms with Gasteiger partial charge in [0.05, 0.1) is 6.61 Å². The monoisotopic (exact) mass is 280 g/mol. The summed E-state index contributed by atoms with van der Waals surface area (Å²) < 4.78 is 10.5. The van der Waals surface area contributed by atoms with Crippen molar-refractivity contribution < 1.29 is 14.3 Å². The van der Waals surface area contributed by atoms with Gasteiger partial charge >= 0.3 is 0 Å². The summed E-state index contributed by atoms with van der Waals surface area (Å²) in [4.78, 5) is 11.7. The highest BCUT2D eigenvalue weighted by Gasteiger charge is 2.14. The van der Waals surface area contributed by atoms with E-state index in [-0.39, 0.29) is 5.91 Å². The Morgan fingerprint density at radius 1 is 1.25 bits per heavy atom. The highest BCUT2D eigenvalue weighted by Crippen LogP contribution is 2.18. The fourth-order valence-electron chi connectivity index (χ4n) is 1.68. The largest absolute Gasteiger partial charge is 0.481 e. The first-order valence-electron chi connectivity index (χ1n) is 6.79. The summed E-state index contributed by atoms with van der Waals surface area (Å²) in [6.07, 6.45) is -0.528. The van der Waals surface area contributed by atoms with E-state index in [2.05, 4.69) is 17.6 Å². The van der Waals surface area contributed by atoms with Crippen molar-refractivity contribution in [2.45, 2.75) is 26.0 Å². The van der Waals surface area contributed by atoms with Crippen LogP contribution in [0.4, 0.5) is 0 Å². The van der Waals surface area contributed by atoms with Crippen LogP contribution in [0.1, 0.15) is 25.5 Å². The zero-order chi connectivity index (χ0) is 15.0. The van der Waals surface area contributed by atoms with Gasteiger partial charge in [0.15, 0.2) is 6.10 Å². The number of hydrogen-bond donors (Lipinski definition) is 2. The van der Waals surface area contributed by atoms with Gasteiger partial charge in [-0.3, -0.25) is 4.79 Å². The first-order chi connectivity index (χ1) is 9.58. The minimum absolute atomic E-state index is 0.144. The Kier molecular flexibility index (Phi) is 7.04. The Balaban J connectivity index is 2.49. The van der Waals surface area contributed by atoms with Crippen LogP contribution >= 0.6 is 0 Å². The van der Waals surface area contributed by atoms with Crippen molar-refractivity contribution in [3.63, 3.8) is 0 Å². The molecule has 2 N–H and O–H groups in total. The second-order valence-corrected chi connectivity index (χ2v) is 4.62. The van der Waals surface area contributed by atoms with Crippen LogP contribution in [0.2, 0.25) is 0 Å². The van der Waals surface area contributed by atoms with E-state index in [0.29, 0.717) is 24.9 Å². The molecule has 2 unspecified atom stereocenters. The summed E-state index contributed by atoms with van der Waals surface area (Å²) in [5, 5.41) is 5.91. The van der Waals surface area contributed by atoms with Crippen LogP contribution in [0.25, 0.3) is 0 Å². The molecule has 0 aliphatic heterocycles. The van der Waals surface area contributed by atoms with Crippen LogP contribution in [0.3, 0.4) is 0 Å². The fraction of sp³-hybridized carbons (Fsp3) is 0.533. The third-order valence-electron chi connectivity index (χ3n) is 3.10. The SMILES string of the molecule is CNC(C)c1ccc(OC(C)C(=O)NCCOC)cc1. The van der Waals surface area contributed by atoms with E-state index in [9.17, 15) is 4.79 Å². The molecule has 0 bridgehead atoms. The Bertz CT molecular complexity index is 406. The van der Waals surface area contributed by atoms with Crippen molar-refractivity contribution in [3.05, 3.63) is 29.8 Å². The molecule has 5 nitrogen and oxygen atoms in total. The van der Waals surface area contributed by atoms with Gasteiger partial charge < -0.3 is 20.1 Å². The molecule has 1 rings (SSSR count). The van der Waals surface area contributed by atoms with E-state index >= 15 is 0 Å². The van der Waals surface area contributed by atoms with Gasteiger partial charge in [0.1, 0.15) is 5.75 Å².